The maximum Gasteiger partial charge on any atom is 0.234 e. The summed E-state index contributed by atoms with van der Waals surface area (Å²) in [6.07, 6.45) is 0. The Bertz CT molecular complexity index is 460. The van der Waals surface area contributed by atoms with Gasteiger partial charge in [0, 0.05) is 22.7 Å². The van der Waals surface area contributed by atoms with E-state index in [0.717, 1.165) is 18.8 Å². The quantitative estimate of drug-likeness (QED) is 0.785. The Kier molecular flexibility index (Phi) is 7.18. The van der Waals surface area contributed by atoms with Crippen LogP contribution < -0.4 is 5.32 Å². The summed E-state index contributed by atoms with van der Waals surface area (Å²) in [6, 6.07) is 6.77. The van der Waals surface area contributed by atoms with E-state index >= 15 is 0 Å². The number of nitrogens with one attached hydrogen (secondary N) is 1. The molecule has 0 unspecified atom stereocenters. The highest BCUT2D eigenvalue weighted by Crippen LogP contribution is 2.20. The average Bonchev–Trinajstić information content (AvgIpc) is 2.37. The average molecular weight is 312 g/mol. The lowest BCUT2D eigenvalue weighted by atomic mass is 10.1. The van der Waals surface area contributed by atoms with Gasteiger partial charge in [-0.25, -0.2) is 4.39 Å². The molecular formula is C16H25FN2OS. The Labute approximate surface area is 131 Å². The van der Waals surface area contributed by atoms with Gasteiger partial charge in [-0.3, -0.25) is 9.69 Å². The van der Waals surface area contributed by atoms with Crippen LogP contribution in [0.15, 0.2) is 29.2 Å². The van der Waals surface area contributed by atoms with Crippen molar-refractivity contribution < 1.29 is 9.18 Å². The van der Waals surface area contributed by atoms with Gasteiger partial charge in [0.15, 0.2) is 0 Å². The summed E-state index contributed by atoms with van der Waals surface area (Å²) in [4.78, 5) is 14.6. The Morgan fingerprint density at radius 1 is 1.33 bits per heavy atom. The fourth-order valence-electron chi connectivity index (χ4n) is 1.86. The van der Waals surface area contributed by atoms with E-state index in [4.69, 9.17) is 0 Å². The molecule has 0 atom stereocenters. The Morgan fingerprint density at radius 2 is 2.00 bits per heavy atom. The van der Waals surface area contributed by atoms with E-state index in [0.29, 0.717) is 11.4 Å². The van der Waals surface area contributed by atoms with Gasteiger partial charge in [0.05, 0.1) is 6.54 Å². The molecule has 21 heavy (non-hydrogen) atoms. The van der Waals surface area contributed by atoms with Crippen LogP contribution in [0.4, 0.5) is 4.39 Å². The van der Waals surface area contributed by atoms with Crippen LogP contribution in [-0.2, 0) is 4.79 Å². The first-order valence-corrected chi connectivity index (χ1v) is 8.21. The Hall–Kier alpha value is -1.07. The van der Waals surface area contributed by atoms with Crippen molar-refractivity contribution in [1.29, 1.82) is 0 Å². The number of amides is 1. The first-order valence-electron chi connectivity index (χ1n) is 7.22. The number of rotatable bonds is 7. The zero-order valence-corrected chi connectivity index (χ0v) is 14.1. The number of likely N-dealkylation sites (N-methyl/N-ethyl adjacent to an activating group) is 1. The highest BCUT2D eigenvalue weighted by atomic mass is 32.2. The highest BCUT2D eigenvalue weighted by molar-refractivity contribution is 7.99. The van der Waals surface area contributed by atoms with E-state index in [1.165, 1.54) is 17.8 Å². The molecule has 0 fully saturated rings. The molecule has 118 valence electrons. The lowest BCUT2D eigenvalue weighted by Gasteiger charge is -2.24. The number of hydrogen-bond donors (Lipinski definition) is 1. The molecule has 1 amide bonds. The number of benzene rings is 1. The molecule has 0 radical (unpaired) electrons. The maximum absolute atomic E-state index is 13.5. The minimum Gasteiger partial charge on any atom is -0.350 e. The van der Waals surface area contributed by atoms with Gasteiger partial charge < -0.3 is 5.32 Å². The van der Waals surface area contributed by atoms with E-state index in [1.807, 2.05) is 33.8 Å². The maximum atomic E-state index is 13.5. The number of carbonyl (C=O) groups excluding carboxylic acids is 1. The summed E-state index contributed by atoms with van der Waals surface area (Å²) < 4.78 is 13.5. The normalized spacial score (nSPS) is 11.7. The summed E-state index contributed by atoms with van der Waals surface area (Å²) >= 11 is 1.48. The van der Waals surface area contributed by atoms with Gasteiger partial charge in [0.25, 0.3) is 0 Å². The number of halogens is 1. The van der Waals surface area contributed by atoms with Gasteiger partial charge in [-0.05, 0) is 39.4 Å². The van der Waals surface area contributed by atoms with Crippen molar-refractivity contribution in [2.75, 3.05) is 25.4 Å². The molecular weight excluding hydrogens is 287 g/mol. The van der Waals surface area contributed by atoms with Gasteiger partial charge in [0.1, 0.15) is 5.82 Å². The molecule has 3 nitrogen and oxygen atoms in total. The zero-order valence-electron chi connectivity index (χ0n) is 13.3. The van der Waals surface area contributed by atoms with Crippen molar-refractivity contribution in [3.63, 3.8) is 0 Å². The van der Waals surface area contributed by atoms with Gasteiger partial charge in [-0.2, -0.15) is 0 Å². The molecule has 5 heteroatoms. The molecule has 1 aromatic carbocycles. The molecule has 1 N–H and O–H groups in total. The summed E-state index contributed by atoms with van der Waals surface area (Å²) in [5, 5.41) is 2.95. The minimum atomic E-state index is -0.210. The Balaban J connectivity index is 2.38. The number of carbonyl (C=O) groups is 1. The van der Waals surface area contributed by atoms with E-state index < -0.39 is 0 Å². The predicted molar refractivity (Wildman–Crippen MR) is 87.1 cm³/mol. The SMILES string of the molecule is CCN(CCSc1ccccc1F)CC(=O)NC(C)(C)C. The van der Waals surface area contributed by atoms with Crippen LogP contribution in [0.5, 0.6) is 0 Å². The standard InChI is InChI=1S/C16H25FN2OS/c1-5-19(12-15(20)18-16(2,3)4)10-11-21-14-9-7-6-8-13(14)17/h6-9H,5,10-12H2,1-4H3,(H,18,20). The van der Waals surface area contributed by atoms with Crippen LogP contribution in [0, 0.1) is 5.82 Å². The van der Waals surface area contributed by atoms with Gasteiger partial charge in [0.2, 0.25) is 5.91 Å². The molecule has 0 saturated carbocycles. The molecule has 0 aliphatic rings. The monoisotopic (exact) mass is 312 g/mol. The minimum absolute atomic E-state index is 0.0280. The molecule has 0 spiro atoms. The molecule has 0 bridgehead atoms. The second-order valence-electron chi connectivity index (χ2n) is 5.95. The van der Waals surface area contributed by atoms with Crippen molar-refractivity contribution in [2.24, 2.45) is 0 Å². The molecule has 1 rings (SSSR count). The fourth-order valence-corrected chi connectivity index (χ4v) is 2.81. The third-order valence-electron chi connectivity index (χ3n) is 2.83. The van der Waals surface area contributed by atoms with Crippen molar-refractivity contribution in [1.82, 2.24) is 10.2 Å². The van der Waals surface area contributed by atoms with Crippen LogP contribution in [0.3, 0.4) is 0 Å². The van der Waals surface area contributed by atoms with E-state index in [9.17, 15) is 9.18 Å². The lowest BCUT2D eigenvalue weighted by Crippen LogP contribution is -2.46. The first kappa shape index (κ1) is 18.0. The lowest BCUT2D eigenvalue weighted by molar-refractivity contribution is -0.123. The van der Waals surface area contributed by atoms with Crippen LogP contribution >= 0.6 is 11.8 Å². The number of nitrogens with zero attached hydrogens (tertiary/aromatic N) is 1. The number of hydrogen-bond acceptors (Lipinski definition) is 3. The predicted octanol–water partition coefficient (Wildman–Crippen LogP) is 3.15. The van der Waals surface area contributed by atoms with Crippen molar-refractivity contribution in [3.05, 3.63) is 30.1 Å². The third-order valence-corrected chi connectivity index (χ3v) is 3.86. The summed E-state index contributed by atoms with van der Waals surface area (Å²) in [5.41, 5.74) is -0.210. The molecule has 1 aromatic rings. The number of thioether (sulfide) groups is 1. The molecule has 0 aliphatic heterocycles. The molecule has 0 saturated heterocycles. The van der Waals surface area contributed by atoms with Crippen molar-refractivity contribution in [3.8, 4) is 0 Å². The van der Waals surface area contributed by atoms with Crippen molar-refractivity contribution in [2.45, 2.75) is 38.1 Å². The molecule has 0 aliphatic carbocycles. The molecule has 0 aromatic heterocycles. The summed E-state index contributed by atoms with van der Waals surface area (Å²) in [5.74, 6) is 0.605. The topological polar surface area (TPSA) is 32.3 Å². The van der Waals surface area contributed by atoms with Crippen LogP contribution in [0.2, 0.25) is 0 Å². The fraction of sp³-hybridized carbons (Fsp3) is 0.562. The summed E-state index contributed by atoms with van der Waals surface area (Å²) in [7, 11) is 0. The van der Waals surface area contributed by atoms with Crippen LogP contribution in [-0.4, -0.2) is 41.7 Å². The largest absolute Gasteiger partial charge is 0.350 e. The smallest absolute Gasteiger partial charge is 0.234 e. The molecule has 0 heterocycles. The van der Waals surface area contributed by atoms with E-state index in [2.05, 4.69) is 10.2 Å². The highest BCUT2D eigenvalue weighted by Gasteiger charge is 2.16. The van der Waals surface area contributed by atoms with Crippen LogP contribution in [0.25, 0.3) is 0 Å². The van der Waals surface area contributed by atoms with Gasteiger partial charge >= 0.3 is 0 Å². The second kappa shape index (κ2) is 8.39. The van der Waals surface area contributed by atoms with Gasteiger partial charge in [-0.15, -0.1) is 11.8 Å². The third kappa shape index (κ3) is 7.48. The van der Waals surface area contributed by atoms with Crippen LogP contribution in [0.1, 0.15) is 27.7 Å². The summed E-state index contributed by atoms with van der Waals surface area (Å²) in [6.45, 7) is 9.87. The zero-order chi connectivity index (χ0) is 15.9. The van der Waals surface area contributed by atoms with Gasteiger partial charge in [-0.1, -0.05) is 19.1 Å². The van der Waals surface area contributed by atoms with Crippen molar-refractivity contribution >= 4 is 17.7 Å². The van der Waals surface area contributed by atoms with E-state index in [-0.39, 0.29) is 17.3 Å². The van der Waals surface area contributed by atoms with E-state index in [1.54, 1.807) is 12.1 Å². The Morgan fingerprint density at radius 3 is 2.57 bits per heavy atom. The second-order valence-corrected chi connectivity index (χ2v) is 7.08. The first-order chi connectivity index (χ1) is 9.81.